The van der Waals surface area contributed by atoms with Crippen LogP contribution in [-0.2, 0) is 0 Å². The summed E-state index contributed by atoms with van der Waals surface area (Å²) >= 11 is 5.63. The summed E-state index contributed by atoms with van der Waals surface area (Å²) in [6.07, 6.45) is 4.62. The van der Waals surface area contributed by atoms with Crippen molar-refractivity contribution in [2.75, 3.05) is 5.32 Å². The Balaban J connectivity index is 1.84. The standard InChI is InChI=1S/C13H9ClN4O/c14-11-6-17-12(7-16-11)18-13(19)9-2-1-8-3-4-15-10(8)5-9/h1-7,15H,(H,17,18,19). The fraction of sp³-hybridized carbons (Fsp3) is 0. The SMILES string of the molecule is O=C(Nc1cnc(Cl)cn1)c1ccc2cc[nH]c2c1. The van der Waals surface area contributed by atoms with Crippen LogP contribution in [-0.4, -0.2) is 20.9 Å². The molecule has 0 aliphatic heterocycles. The van der Waals surface area contributed by atoms with Crippen LogP contribution in [0.15, 0.2) is 42.9 Å². The molecular formula is C13H9ClN4O. The van der Waals surface area contributed by atoms with Gasteiger partial charge < -0.3 is 10.3 Å². The third-order valence-corrected chi connectivity index (χ3v) is 2.87. The average Bonchev–Trinajstić information content (AvgIpc) is 2.88. The van der Waals surface area contributed by atoms with Gasteiger partial charge in [0, 0.05) is 17.3 Å². The van der Waals surface area contributed by atoms with Crippen LogP contribution >= 0.6 is 11.6 Å². The van der Waals surface area contributed by atoms with Crippen LogP contribution in [0.2, 0.25) is 5.15 Å². The van der Waals surface area contributed by atoms with Crippen molar-refractivity contribution >= 4 is 34.2 Å². The number of rotatable bonds is 2. The number of carbonyl (C=O) groups is 1. The summed E-state index contributed by atoms with van der Waals surface area (Å²) in [4.78, 5) is 22.9. The van der Waals surface area contributed by atoms with Crippen molar-refractivity contribution in [2.45, 2.75) is 0 Å². The number of fused-ring (bicyclic) bond motifs is 1. The van der Waals surface area contributed by atoms with E-state index in [9.17, 15) is 4.79 Å². The highest BCUT2D eigenvalue weighted by Crippen LogP contribution is 2.15. The monoisotopic (exact) mass is 272 g/mol. The molecule has 5 nitrogen and oxygen atoms in total. The van der Waals surface area contributed by atoms with E-state index in [2.05, 4.69) is 20.3 Å². The van der Waals surface area contributed by atoms with Crippen molar-refractivity contribution in [3.8, 4) is 0 Å². The first-order chi connectivity index (χ1) is 9.22. The number of nitrogens with one attached hydrogen (secondary N) is 2. The summed E-state index contributed by atoms with van der Waals surface area (Å²) < 4.78 is 0. The van der Waals surface area contributed by atoms with Gasteiger partial charge in [-0.1, -0.05) is 17.7 Å². The highest BCUT2D eigenvalue weighted by molar-refractivity contribution is 6.29. The Morgan fingerprint density at radius 1 is 1.21 bits per heavy atom. The van der Waals surface area contributed by atoms with E-state index in [0.29, 0.717) is 11.4 Å². The minimum absolute atomic E-state index is 0.242. The Kier molecular flexibility index (Phi) is 2.89. The summed E-state index contributed by atoms with van der Waals surface area (Å²) in [6, 6.07) is 7.37. The molecule has 1 aromatic carbocycles. The van der Waals surface area contributed by atoms with Crippen LogP contribution in [0, 0.1) is 0 Å². The zero-order valence-corrected chi connectivity index (χ0v) is 10.5. The normalized spacial score (nSPS) is 10.6. The molecule has 0 aliphatic rings. The Morgan fingerprint density at radius 2 is 2.11 bits per heavy atom. The van der Waals surface area contributed by atoms with Gasteiger partial charge in [-0.15, -0.1) is 0 Å². The second-order valence-corrected chi connectivity index (χ2v) is 4.35. The van der Waals surface area contributed by atoms with Crippen LogP contribution in [0.25, 0.3) is 10.9 Å². The molecule has 0 unspecified atom stereocenters. The van der Waals surface area contributed by atoms with Gasteiger partial charge in [-0.05, 0) is 23.6 Å². The summed E-state index contributed by atoms with van der Waals surface area (Å²) in [7, 11) is 0. The van der Waals surface area contributed by atoms with Crippen molar-refractivity contribution < 1.29 is 4.79 Å². The maximum atomic E-state index is 12.0. The lowest BCUT2D eigenvalue weighted by Gasteiger charge is -2.04. The van der Waals surface area contributed by atoms with Crippen molar-refractivity contribution in [1.82, 2.24) is 15.0 Å². The molecule has 94 valence electrons. The molecule has 0 radical (unpaired) electrons. The fourth-order valence-electron chi connectivity index (χ4n) is 1.75. The highest BCUT2D eigenvalue weighted by Gasteiger charge is 2.08. The maximum absolute atomic E-state index is 12.0. The summed E-state index contributed by atoms with van der Waals surface area (Å²) in [5.41, 5.74) is 1.46. The maximum Gasteiger partial charge on any atom is 0.256 e. The minimum atomic E-state index is -0.242. The second kappa shape index (κ2) is 4.70. The number of hydrogen-bond donors (Lipinski definition) is 2. The van der Waals surface area contributed by atoms with Gasteiger partial charge in [0.05, 0.1) is 12.4 Å². The van der Waals surface area contributed by atoms with Gasteiger partial charge in [-0.2, -0.15) is 0 Å². The molecule has 0 aliphatic carbocycles. The van der Waals surface area contributed by atoms with Gasteiger partial charge in [0.2, 0.25) is 0 Å². The van der Waals surface area contributed by atoms with E-state index in [0.717, 1.165) is 10.9 Å². The molecule has 1 amide bonds. The van der Waals surface area contributed by atoms with Gasteiger partial charge >= 0.3 is 0 Å². The molecule has 0 spiro atoms. The predicted octanol–water partition coefficient (Wildman–Crippen LogP) is 2.86. The van der Waals surface area contributed by atoms with Crippen LogP contribution < -0.4 is 5.32 Å². The number of nitrogens with zero attached hydrogens (tertiary/aromatic N) is 2. The van der Waals surface area contributed by atoms with Crippen LogP contribution in [0.3, 0.4) is 0 Å². The summed E-state index contributed by atoms with van der Waals surface area (Å²) in [5.74, 6) is 0.120. The first-order valence-electron chi connectivity index (χ1n) is 5.58. The molecule has 0 saturated carbocycles. The molecule has 19 heavy (non-hydrogen) atoms. The Hall–Kier alpha value is -2.40. The smallest absolute Gasteiger partial charge is 0.256 e. The van der Waals surface area contributed by atoms with Crippen molar-refractivity contribution in [2.24, 2.45) is 0 Å². The molecule has 2 aromatic heterocycles. The molecule has 0 bridgehead atoms. The zero-order valence-electron chi connectivity index (χ0n) is 9.72. The number of hydrogen-bond acceptors (Lipinski definition) is 3. The van der Waals surface area contributed by atoms with Gasteiger partial charge in [0.15, 0.2) is 5.82 Å². The molecule has 2 heterocycles. The average molecular weight is 273 g/mol. The van der Waals surface area contributed by atoms with Crippen molar-refractivity contribution in [3.63, 3.8) is 0 Å². The fourth-order valence-corrected chi connectivity index (χ4v) is 1.85. The quantitative estimate of drug-likeness (QED) is 0.753. The van der Waals surface area contributed by atoms with Crippen LogP contribution in [0.4, 0.5) is 5.82 Å². The van der Waals surface area contributed by atoms with Gasteiger partial charge in [-0.3, -0.25) is 4.79 Å². The number of aromatic amines is 1. The van der Waals surface area contributed by atoms with Crippen LogP contribution in [0.5, 0.6) is 0 Å². The van der Waals surface area contributed by atoms with E-state index >= 15 is 0 Å². The van der Waals surface area contributed by atoms with Gasteiger partial charge in [0.25, 0.3) is 5.91 Å². The lowest BCUT2D eigenvalue weighted by molar-refractivity contribution is 0.102. The van der Waals surface area contributed by atoms with E-state index in [1.807, 2.05) is 18.3 Å². The number of H-pyrrole nitrogens is 1. The summed E-state index contributed by atoms with van der Waals surface area (Å²) in [6.45, 7) is 0. The molecule has 3 rings (SSSR count). The highest BCUT2D eigenvalue weighted by atomic mass is 35.5. The molecule has 0 fully saturated rings. The van der Waals surface area contributed by atoms with E-state index in [1.54, 1.807) is 12.1 Å². The Morgan fingerprint density at radius 3 is 2.89 bits per heavy atom. The number of amides is 1. The number of carbonyl (C=O) groups excluding carboxylic acids is 1. The predicted molar refractivity (Wildman–Crippen MR) is 73.3 cm³/mol. The van der Waals surface area contributed by atoms with E-state index in [1.165, 1.54) is 12.4 Å². The first-order valence-corrected chi connectivity index (χ1v) is 5.96. The Labute approximate surface area is 113 Å². The first kappa shape index (κ1) is 11.7. The lowest BCUT2D eigenvalue weighted by Crippen LogP contribution is -2.13. The number of aromatic nitrogens is 3. The largest absolute Gasteiger partial charge is 0.361 e. The van der Waals surface area contributed by atoms with E-state index in [4.69, 9.17) is 11.6 Å². The van der Waals surface area contributed by atoms with Crippen molar-refractivity contribution in [3.05, 3.63) is 53.6 Å². The van der Waals surface area contributed by atoms with Crippen LogP contribution in [0.1, 0.15) is 10.4 Å². The Bertz CT molecular complexity index is 736. The molecule has 6 heteroatoms. The topological polar surface area (TPSA) is 70.7 Å². The minimum Gasteiger partial charge on any atom is -0.361 e. The third kappa shape index (κ3) is 2.41. The number of halogens is 1. The molecule has 3 aromatic rings. The summed E-state index contributed by atoms with van der Waals surface area (Å²) in [5, 5.41) is 4.00. The molecule has 2 N–H and O–H groups in total. The van der Waals surface area contributed by atoms with Gasteiger partial charge in [-0.25, -0.2) is 9.97 Å². The second-order valence-electron chi connectivity index (χ2n) is 3.96. The zero-order chi connectivity index (χ0) is 13.2. The van der Waals surface area contributed by atoms with Crippen molar-refractivity contribution in [1.29, 1.82) is 0 Å². The van der Waals surface area contributed by atoms with E-state index in [-0.39, 0.29) is 11.1 Å². The molecule has 0 atom stereocenters. The van der Waals surface area contributed by atoms with E-state index < -0.39 is 0 Å². The third-order valence-electron chi connectivity index (χ3n) is 2.68. The lowest BCUT2D eigenvalue weighted by atomic mass is 10.1. The molecule has 0 saturated heterocycles. The molecular weight excluding hydrogens is 264 g/mol. The number of anilines is 1. The van der Waals surface area contributed by atoms with Gasteiger partial charge in [0.1, 0.15) is 5.15 Å². The number of benzene rings is 1.